The van der Waals surface area contributed by atoms with E-state index in [1.54, 1.807) is 0 Å². The van der Waals surface area contributed by atoms with Crippen LogP contribution in [0.15, 0.2) is 42.5 Å². The Labute approximate surface area is 154 Å². The second-order valence-corrected chi connectivity index (χ2v) is 6.32. The fraction of sp³-hybridized carbons (Fsp3) is 0.381. The average molecular weight is 355 g/mol. The van der Waals surface area contributed by atoms with Gasteiger partial charge in [-0.2, -0.15) is 0 Å². The molecule has 0 aromatic heterocycles. The van der Waals surface area contributed by atoms with Gasteiger partial charge in [-0.1, -0.05) is 31.2 Å². The second-order valence-electron chi connectivity index (χ2n) is 6.32. The van der Waals surface area contributed by atoms with Crippen molar-refractivity contribution >= 4 is 17.8 Å². The summed E-state index contributed by atoms with van der Waals surface area (Å²) in [6, 6.07) is 6.14. The van der Waals surface area contributed by atoms with E-state index in [4.69, 9.17) is 4.74 Å². The first-order valence-corrected chi connectivity index (χ1v) is 8.96. The van der Waals surface area contributed by atoms with Gasteiger partial charge in [-0.3, -0.25) is 19.7 Å². The summed E-state index contributed by atoms with van der Waals surface area (Å²) in [6.45, 7) is 6.01. The number of nitrogens with one attached hydrogen (secondary N) is 1. The molecule has 0 saturated heterocycles. The van der Waals surface area contributed by atoms with Crippen molar-refractivity contribution in [1.29, 1.82) is 0 Å². The van der Waals surface area contributed by atoms with Crippen molar-refractivity contribution in [3.05, 3.63) is 59.2 Å². The van der Waals surface area contributed by atoms with Gasteiger partial charge in [0.15, 0.2) is 0 Å². The molecule has 0 bridgehead atoms. The van der Waals surface area contributed by atoms with E-state index in [-0.39, 0.29) is 18.6 Å². The van der Waals surface area contributed by atoms with E-state index in [2.05, 4.69) is 31.0 Å². The minimum atomic E-state index is -0.527. The first kappa shape index (κ1) is 19.6. The number of benzene rings is 1. The lowest BCUT2D eigenvalue weighted by Gasteiger charge is -2.11. The molecule has 1 aromatic rings. The predicted octanol–water partition coefficient (Wildman–Crippen LogP) is 3.16. The third-order valence-electron chi connectivity index (χ3n) is 4.32. The maximum atomic E-state index is 11.9. The molecule has 1 aromatic carbocycles. The zero-order valence-electron chi connectivity index (χ0n) is 15.2. The van der Waals surface area contributed by atoms with Gasteiger partial charge in [0.05, 0.1) is 6.42 Å². The van der Waals surface area contributed by atoms with Crippen LogP contribution < -0.4 is 5.32 Å². The molecule has 0 aliphatic carbocycles. The zero-order valence-corrected chi connectivity index (χ0v) is 15.2. The Kier molecular flexibility index (Phi) is 7.33. The number of hydrogen-bond acceptors (Lipinski definition) is 4. The van der Waals surface area contributed by atoms with Gasteiger partial charge >= 0.3 is 5.97 Å². The standard InChI is InChI=1S/C21H25NO4/c1-3-5-6-7-8-17-10-9-15(11-16(17)4-2)14-26-20(24)13-18-12-19(23)22-21(18)25/h3,9-12H,1,4-8,13-14H2,2H3,(H,22,23,25). The van der Waals surface area contributed by atoms with Crippen LogP contribution in [0.4, 0.5) is 0 Å². The van der Waals surface area contributed by atoms with Crippen LogP contribution in [0.25, 0.3) is 0 Å². The quantitative estimate of drug-likeness (QED) is 0.303. The minimum Gasteiger partial charge on any atom is -0.461 e. The van der Waals surface area contributed by atoms with Gasteiger partial charge in [0.2, 0.25) is 0 Å². The van der Waals surface area contributed by atoms with Crippen molar-refractivity contribution in [2.24, 2.45) is 0 Å². The van der Waals surface area contributed by atoms with E-state index < -0.39 is 17.8 Å². The van der Waals surface area contributed by atoms with E-state index in [9.17, 15) is 14.4 Å². The molecule has 0 atom stereocenters. The smallest absolute Gasteiger partial charge is 0.310 e. The Bertz CT molecular complexity index is 734. The van der Waals surface area contributed by atoms with E-state index in [1.807, 2.05) is 12.1 Å². The number of imide groups is 1. The fourth-order valence-electron chi connectivity index (χ4n) is 2.90. The summed E-state index contributed by atoms with van der Waals surface area (Å²) in [5.41, 5.74) is 3.66. The number of hydrogen-bond donors (Lipinski definition) is 1. The first-order valence-electron chi connectivity index (χ1n) is 8.96. The zero-order chi connectivity index (χ0) is 18.9. The Morgan fingerprint density at radius 3 is 2.69 bits per heavy atom. The molecule has 0 radical (unpaired) electrons. The molecule has 5 nitrogen and oxygen atoms in total. The van der Waals surface area contributed by atoms with Crippen molar-refractivity contribution in [2.75, 3.05) is 0 Å². The van der Waals surface area contributed by atoms with Crippen molar-refractivity contribution in [3.8, 4) is 0 Å². The monoisotopic (exact) mass is 355 g/mol. The van der Waals surface area contributed by atoms with Gasteiger partial charge in [0, 0.05) is 11.6 Å². The Morgan fingerprint density at radius 2 is 2.04 bits per heavy atom. The summed E-state index contributed by atoms with van der Waals surface area (Å²) in [5.74, 6) is -1.54. The van der Waals surface area contributed by atoms with Crippen LogP contribution >= 0.6 is 0 Å². The van der Waals surface area contributed by atoms with Crippen LogP contribution in [-0.4, -0.2) is 17.8 Å². The van der Waals surface area contributed by atoms with E-state index in [0.29, 0.717) is 0 Å². The molecule has 1 aliphatic rings. The van der Waals surface area contributed by atoms with Gasteiger partial charge in [-0.15, -0.1) is 6.58 Å². The predicted molar refractivity (Wildman–Crippen MR) is 99.2 cm³/mol. The lowest BCUT2D eigenvalue weighted by molar-refractivity contribution is -0.144. The number of rotatable bonds is 10. The third kappa shape index (κ3) is 5.69. The number of aryl methyl sites for hydroxylation is 2. The molecule has 1 heterocycles. The van der Waals surface area contributed by atoms with E-state index >= 15 is 0 Å². The number of ether oxygens (including phenoxy) is 1. The molecule has 2 amide bonds. The van der Waals surface area contributed by atoms with Crippen molar-refractivity contribution in [3.63, 3.8) is 0 Å². The summed E-state index contributed by atoms with van der Waals surface area (Å²) < 4.78 is 5.24. The Hall–Kier alpha value is -2.69. The van der Waals surface area contributed by atoms with E-state index in [0.717, 1.165) is 43.7 Å². The highest BCUT2D eigenvalue weighted by molar-refractivity contribution is 6.17. The topological polar surface area (TPSA) is 72.5 Å². The van der Waals surface area contributed by atoms with Crippen LogP contribution in [0.2, 0.25) is 0 Å². The number of amides is 2. The third-order valence-corrected chi connectivity index (χ3v) is 4.32. The molecule has 26 heavy (non-hydrogen) atoms. The van der Waals surface area contributed by atoms with Crippen LogP contribution in [0.3, 0.4) is 0 Å². The summed E-state index contributed by atoms with van der Waals surface area (Å²) in [7, 11) is 0. The van der Waals surface area contributed by atoms with Crippen molar-refractivity contribution < 1.29 is 19.1 Å². The lowest BCUT2D eigenvalue weighted by atomic mass is 9.97. The van der Waals surface area contributed by atoms with Crippen LogP contribution in [0, 0.1) is 0 Å². The van der Waals surface area contributed by atoms with Crippen LogP contribution in [0.5, 0.6) is 0 Å². The average Bonchev–Trinajstić information content (AvgIpc) is 2.94. The van der Waals surface area contributed by atoms with Gasteiger partial charge < -0.3 is 4.74 Å². The Balaban J connectivity index is 1.88. The second kappa shape index (κ2) is 9.70. The van der Waals surface area contributed by atoms with E-state index in [1.165, 1.54) is 11.1 Å². The van der Waals surface area contributed by atoms with Gasteiger partial charge in [-0.05, 0) is 48.8 Å². The number of allylic oxidation sites excluding steroid dienone is 1. The molecular weight excluding hydrogens is 330 g/mol. The molecule has 0 saturated carbocycles. The highest BCUT2D eigenvalue weighted by Crippen LogP contribution is 2.17. The molecule has 5 heteroatoms. The minimum absolute atomic E-state index is 0.143. The van der Waals surface area contributed by atoms with Gasteiger partial charge in [-0.25, -0.2) is 0 Å². The highest BCUT2D eigenvalue weighted by Gasteiger charge is 2.23. The molecule has 0 spiro atoms. The number of carbonyl (C=O) groups is 3. The number of carbonyl (C=O) groups excluding carboxylic acids is 3. The van der Waals surface area contributed by atoms with Crippen molar-refractivity contribution in [1.82, 2.24) is 5.32 Å². The highest BCUT2D eigenvalue weighted by atomic mass is 16.5. The normalized spacial score (nSPS) is 13.3. The number of unbranched alkanes of at least 4 members (excludes halogenated alkanes) is 2. The molecule has 1 aliphatic heterocycles. The molecule has 138 valence electrons. The summed E-state index contributed by atoms with van der Waals surface area (Å²) in [4.78, 5) is 34.4. The molecule has 0 unspecified atom stereocenters. The molecule has 1 N–H and O–H groups in total. The van der Waals surface area contributed by atoms with Gasteiger partial charge in [0.1, 0.15) is 6.61 Å². The fourth-order valence-corrected chi connectivity index (χ4v) is 2.90. The van der Waals surface area contributed by atoms with Crippen molar-refractivity contribution in [2.45, 2.75) is 52.1 Å². The maximum Gasteiger partial charge on any atom is 0.310 e. The summed E-state index contributed by atoms with van der Waals surface area (Å²) in [6.07, 6.45) is 8.15. The lowest BCUT2D eigenvalue weighted by Crippen LogP contribution is -2.23. The van der Waals surface area contributed by atoms with Gasteiger partial charge in [0.25, 0.3) is 11.8 Å². The summed E-state index contributed by atoms with van der Waals surface area (Å²) in [5, 5.41) is 2.11. The maximum absolute atomic E-state index is 11.9. The number of esters is 1. The largest absolute Gasteiger partial charge is 0.461 e. The molecular formula is C21H25NO4. The van der Waals surface area contributed by atoms with Crippen LogP contribution in [-0.2, 0) is 38.6 Å². The molecule has 2 rings (SSSR count). The molecule has 0 fully saturated rings. The Morgan fingerprint density at radius 1 is 1.23 bits per heavy atom. The first-order chi connectivity index (χ1) is 12.5. The SMILES string of the molecule is C=CCCCCc1ccc(COC(=O)CC2=CC(=O)NC2=O)cc1CC. The van der Waals surface area contributed by atoms with Crippen LogP contribution in [0.1, 0.15) is 49.3 Å². The summed E-state index contributed by atoms with van der Waals surface area (Å²) >= 11 is 0.